The van der Waals surface area contributed by atoms with Crippen LogP contribution in [0.2, 0.25) is 0 Å². The van der Waals surface area contributed by atoms with Gasteiger partial charge in [0.05, 0.1) is 6.26 Å². The Morgan fingerprint density at radius 3 is 1.85 bits per heavy atom. The first kappa shape index (κ1) is 17.0. The lowest BCUT2D eigenvalue weighted by Gasteiger charge is -2.08. The highest BCUT2D eigenvalue weighted by atomic mass is 16.3. The number of rotatable bonds is 4. The Bertz CT molecular complexity index is 904. The lowest BCUT2D eigenvalue weighted by Crippen LogP contribution is -2.41. The molecular formula is C19H15N3O4. The molecule has 3 rings (SSSR count). The molecule has 3 aromatic rings. The highest BCUT2D eigenvalue weighted by Crippen LogP contribution is 2.11. The van der Waals surface area contributed by atoms with E-state index in [9.17, 15) is 14.4 Å². The van der Waals surface area contributed by atoms with Crippen molar-refractivity contribution in [2.75, 3.05) is 5.32 Å². The van der Waals surface area contributed by atoms with E-state index in [0.29, 0.717) is 16.8 Å². The molecule has 7 nitrogen and oxygen atoms in total. The van der Waals surface area contributed by atoms with Gasteiger partial charge in [0.15, 0.2) is 5.76 Å². The summed E-state index contributed by atoms with van der Waals surface area (Å²) in [6.07, 6.45) is 1.41. The van der Waals surface area contributed by atoms with Gasteiger partial charge in [-0.2, -0.15) is 0 Å². The van der Waals surface area contributed by atoms with Crippen LogP contribution in [0, 0.1) is 0 Å². The van der Waals surface area contributed by atoms with Crippen LogP contribution in [-0.2, 0) is 0 Å². The molecule has 0 bridgehead atoms. The van der Waals surface area contributed by atoms with Crippen molar-refractivity contribution in [2.24, 2.45) is 0 Å². The SMILES string of the molecule is O=C(NNC(=O)c1ccc(NC(=O)c2ccco2)cc1)c1ccccc1. The Morgan fingerprint density at radius 1 is 0.654 bits per heavy atom. The average Bonchev–Trinajstić information content (AvgIpc) is 3.22. The summed E-state index contributed by atoms with van der Waals surface area (Å²) >= 11 is 0. The number of anilines is 1. The van der Waals surface area contributed by atoms with Gasteiger partial charge in [0.2, 0.25) is 0 Å². The molecule has 0 fully saturated rings. The van der Waals surface area contributed by atoms with E-state index in [2.05, 4.69) is 16.2 Å². The minimum absolute atomic E-state index is 0.190. The van der Waals surface area contributed by atoms with Crippen molar-refractivity contribution >= 4 is 23.4 Å². The van der Waals surface area contributed by atoms with Gasteiger partial charge in [-0.25, -0.2) is 0 Å². The predicted octanol–water partition coefficient (Wildman–Crippen LogP) is 2.61. The van der Waals surface area contributed by atoms with Crippen LogP contribution >= 0.6 is 0 Å². The van der Waals surface area contributed by atoms with E-state index in [0.717, 1.165) is 0 Å². The van der Waals surface area contributed by atoms with Gasteiger partial charge in [-0.05, 0) is 48.5 Å². The van der Waals surface area contributed by atoms with Crippen molar-refractivity contribution in [2.45, 2.75) is 0 Å². The molecule has 0 unspecified atom stereocenters. The molecule has 0 aliphatic carbocycles. The predicted molar refractivity (Wildman–Crippen MR) is 94.5 cm³/mol. The van der Waals surface area contributed by atoms with E-state index in [1.165, 1.54) is 18.4 Å². The Kier molecular flexibility index (Phi) is 5.09. The number of carbonyl (C=O) groups excluding carboxylic acids is 3. The summed E-state index contributed by atoms with van der Waals surface area (Å²) in [7, 11) is 0. The first-order valence-electron chi connectivity index (χ1n) is 7.74. The number of hydrogen-bond acceptors (Lipinski definition) is 4. The first-order valence-corrected chi connectivity index (χ1v) is 7.74. The molecule has 0 aliphatic heterocycles. The minimum atomic E-state index is -0.474. The second-order valence-electron chi connectivity index (χ2n) is 5.28. The van der Waals surface area contributed by atoms with E-state index in [4.69, 9.17) is 4.42 Å². The van der Waals surface area contributed by atoms with Crippen LogP contribution in [0.1, 0.15) is 31.3 Å². The smallest absolute Gasteiger partial charge is 0.291 e. The van der Waals surface area contributed by atoms with Gasteiger partial charge in [0, 0.05) is 16.8 Å². The third-order valence-electron chi connectivity index (χ3n) is 3.48. The van der Waals surface area contributed by atoms with Crippen LogP contribution in [0.5, 0.6) is 0 Å². The number of hydrazine groups is 1. The summed E-state index contributed by atoms with van der Waals surface area (Å²) in [6, 6.07) is 17.9. The van der Waals surface area contributed by atoms with Crippen LogP contribution in [0.15, 0.2) is 77.4 Å². The van der Waals surface area contributed by atoms with Gasteiger partial charge in [0.25, 0.3) is 17.7 Å². The number of nitrogens with one attached hydrogen (secondary N) is 3. The lowest BCUT2D eigenvalue weighted by molar-refractivity contribution is 0.0846. The average molecular weight is 349 g/mol. The van der Waals surface area contributed by atoms with Crippen LogP contribution < -0.4 is 16.2 Å². The molecule has 0 saturated heterocycles. The molecule has 1 heterocycles. The fraction of sp³-hybridized carbons (Fsp3) is 0. The van der Waals surface area contributed by atoms with Gasteiger partial charge in [-0.1, -0.05) is 18.2 Å². The normalized spacial score (nSPS) is 10.0. The van der Waals surface area contributed by atoms with Gasteiger partial charge in [-0.3, -0.25) is 25.2 Å². The van der Waals surface area contributed by atoms with Crippen LogP contribution in [0.4, 0.5) is 5.69 Å². The molecule has 7 heteroatoms. The van der Waals surface area contributed by atoms with Crippen LogP contribution in [0.25, 0.3) is 0 Å². The Hall–Kier alpha value is -3.87. The highest BCUT2D eigenvalue weighted by molar-refractivity contribution is 6.03. The fourth-order valence-corrected chi connectivity index (χ4v) is 2.15. The number of amides is 3. The van der Waals surface area contributed by atoms with Gasteiger partial charge in [-0.15, -0.1) is 0 Å². The van der Waals surface area contributed by atoms with Crippen molar-refractivity contribution in [3.63, 3.8) is 0 Å². The van der Waals surface area contributed by atoms with E-state index in [-0.39, 0.29) is 11.7 Å². The molecule has 3 N–H and O–H groups in total. The third kappa shape index (κ3) is 4.15. The molecule has 0 saturated carbocycles. The summed E-state index contributed by atoms with van der Waals surface area (Å²) in [5, 5.41) is 2.65. The summed E-state index contributed by atoms with van der Waals surface area (Å²) < 4.78 is 5.00. The zero-order chi connectivity index (χ0) is 18.4. The zero-order valence-electron chi connectivity index (χ0n) is 13.6. The number of hydrogen-bond donors (Lipinski definition) is 3. The van der Waals surface area contributed by atoms with Gasteiger partial charge < -0.3 is 9.73 Å². The van der Waals surface area contributed by atoms with Gasteiger partial charge in [0.1, 0.15) is 0 Å². The van der Waals surface area contributed by atoms with E-state index < -0.39 is 11.8 Å². The maximum atomic E-state index is 12.1. The largest absolute Gasteiger partial charge is 0.459 e. The number of benzene rings is 2. The zero-order valence-corrected chi connectivity index (χ0v) is 13.6. The summed E-state index contributed by atoms with van der Waals surface area (Å²) in [6.45, 7) is 0. The molecular weight excluding hydrogens is 334 g/mol. The topological polar surface area (TPSA) is 100 Å². The molecule has 2 aromatic carbocycles. The van der Waals surface area contributed by atoms with Crippen molar-refractivity contribution in [3.05, 3.63) is 89.9 Å². The molecule has 0 atom stereocenters. The monoisotopic (exact) mass is 349 g/mol. The first-order chi connectivity index (χ1) is 12.6. The molecule has 26 heavy (non-hydrogen) atoms. The lowest BCUT2D eigenvalue weighted by atomic mass is 10.2. The van der Waals surface area contributed by atoms with E-state index >= 15 is 0 Å². The Labute approximate surface area is 149 Å². The molecule has 0 radical (unpaired) electrons. The van der Waals surface area contributed by atoms with Gasteiger partial charge >= 0.3 is 0 Å². The summed E-state index contributed by atoms with van der Waals surface area (Å²) in [4.78, 5) is 35.8. The Morgan fingerprint density at radius 2 is 1.27 bits per heavy atom. The maximum Gasteiger partial charge on any atom is 0.291 e. The quantitative estimate of drug-likeness (QED) is 0.630. The fourth-order valence-electron chi connectivity index (χ4n) is 2.15. The number of furan rings is 1. The molecule has 1 aromatic heterocycles. The molecule has 130 valence electrons. The molecule has 0 aliphatic rings. The summed E-state index contributed by atoms with van der Waals surface area (Å²) in [5.74, 6) is -1.09. The van der Waals surface area contributed by atoms with Crippen molar-refractivity contribution in [1.82, 2.24) is 10.9 Å². The Balaban J connectivity index is 1.55. The van der Waals surface area contributed by atoms with Crippen LogP contribution in [-0.4, -0.2) is 17.7 Å². The van der Waals surface area contributed by atoms with Crippen molar-refractivity contribution in [3.8, 4) is 0 Å². The van der Waals surface area contributed by atoms with Crippen molar-refractivity contribution in [1.29, 1.82) is 0 Å². The van der Waals surface area contributed by atoms with E-state index in [1.807, 2.05) is 0 Å². The van der Waals surface area contributed by atoms with Crippen molar-refractivity contribution < 1.29 is 18.8 Å². The highest BCUT2D eigenvalue weighted by Gasteiger charge is 2.11. The third-order valence-corrected chi connectivity index (χ3v) is 3.48. The molecule has 0 spiro atoms. The number of carbonyl (C=O) groups is 3. The standard InChI is InChI=1S/C19H15N3O4/c23-17(13-5-2-1-3-6-13)21-22-18(24)14-8-10-15(11-9-14)20-19(25)16-7-4-12-26-16/h1-12H,(H,20,25)(H,21,23)(H,22,24). The van der Waals surface area contributed by atoms with Crippen LogP contribution in [0.3, 0.4) is 0 Å². The second-order valence-corrected chi connectivity index (χ2v) is 5.28. The minimum Gasteiger partial charge on any atom is -0.459 e. The van der Waals surface area contributed by atoms with E-state index in [1.54, 1.807) is 54.6 Å². The molecule has 3 amide bonds. The summed E-state index contributed by atoms with van der Waals surface area (Å²) in [5.41, 5.74) is 5.95. The second kappa shape index (κ2) is 7.80. The maximum absolute atomic E-state index is 12.1.